The minimum absolute atomic E-state index is 0.856. The Morgan fingerprint density at radius 1 is 1.07 bits per heavy atom. The van der Waals surface area contributed by atoms with Gasteiger partial charge in [0.05, 0.1) is 26.4 Å². The van der Waals surface area contributed by atoms with Crippen LogP contribution in [0, 0.1) is 0 Å². The van der Waals surface area contributed by atoms with Gasteiger partial charge < -0.3 is 9.47 Å². The first-order chi connectivity index (χ1) is 7.42. The Kier molecular flexibility index (Phi) is 4.29. The molecule has 0 aliphatic carbocycles. The van der Waals surface area contributed by atoms with Crippen molar-refractivity contribution in [2.45, 2.75) is 0 Å². The van der Waals surface area contributed by atoms with Gasteiger partial charge in [-0.25, -0.2) is 0 Å². The number of nitrogens with zero attached hydrogens (tertiary/aromatic N) is 2. The van der Waals surface area contributed by atoms with Crippen LogP contribution in [0.3, 0.4) is 0 Å². The summed E-state index contributed by atoms with van der Waals surface area (Å²) in [6.45, 7) is 7.51. The number of amidine groups is 1. The normalized spacial score (nSPS) is 23.0. The van der Waals surface area contributed by atoms with Gasteiger partial charge in [-0.15, -0.1) is 0 Å². The molecule has 2 rings (SSSR count). The zero-order valence-corrected chi connectivity index (χ0v) is 10.1. The summed E-state index contributed by atoms with van der Waals surface area (Å²) in [6.07, 6.45) is 2.15. The number of rotatable bonds is 0. The van der Waals surface area contributed by atoms with E-state index in [0.29, 0.717) is 0 Å². The largest absolute Gasteiger partial charge is 0.373 e. The second kappa shape index (κ2) is 5.72. The molecule has 0 aromatic heterocycles. The molecule has 0 N–H and O–H groups in total. The third-order valence-electron chi connectivity index (χ3n) is 2.75. The molecule has 0 radical (unpaired) electrons. The van der Waals surface area contributed by atoms with Crippen LogP contribution in [0.5, 0.6) is 0 Å². The maximum absolute atomic E-state index is 5.37. The first-order valence-corrected chi connectivity index (χ1v) is 6.70. The van der Waals surface area contributed by atoms with E-state index in [9.17, 15) is 0 Å². The lowest BCUT2D eigenvalue weighted by atomic mass is 10.4. The zero-order chi connectivity index (χ0) is 10.5. The molecule has 4 nitrogen and oxygen atoms in total. The minimum Gasteiger partial charge on any atom is -0.373 e. The van der Waals surface area contributed by atoms with Gasteiger partial charge in [0.2, 0.25) is 0 Å². The average molecular weight is 231 g/mol. The first-order valence-electron chi connectivity index (χ1n) is 5.48. The Hall–Kier alpha value is -0.260. The van der Waals surface area contributed by atoms with Crippen LogP contribution in [-0.4, -0.2) is 73.5 Å². The van der Waals surface area contributed by atoms with Gasteiger partial charge in [-0.1, -0.05) is 0 Å². The van der Waals surface area contributed by atoms with Crippen molar-refractivity contribution in [2.24, 2.45) is 0 Å². The highest BCUT2D eigenvalue weighted by molar-refractivity contribution is 8.12. The molecule has 86 valence electrons. The van der Waals surface area contributed by atoms with Crippen LogP contribution in [-0.2, 0) is 9.47 Å². The SMILES string of the molecule is CSC(N1CCOCC1)=[N+]1CCOCC1. The van der Waals surface area contributed by atoms with E-state index in [0.717, 1.165) is 52.6 Å². The molecule has 2 heterocycles. The van der Waals surface area contributed by atoms with Gasteiger partial charge in [-0.3, -0.25) is 9.48 Å². The van der Waals surface area contributed by atoms with E-state index < -0.39 is 0 Å². The summed E-state index contributed by atoms with van der Waals surface area (Å²) in [6, 6.07) is 0. The molecule has 0 atom stereocenters. The van der Waals surface area contributed by atoms with E-state index in [4.69, 9.17) is 9.47 Å². The predicted octanol–water partition coefficient (Wildman–Crippen LogP) is 0.0803. The molecule has 0 aromatic rings. The van der Waals surface area contributed by atoms with Crippen molar-refractivity contribution in [1.29, 1.82) is 0 Å². The third kappa shape index (κ3) is 2.86. The summed E-state index contributed by atoms with van der Waals surface area (Å²) in [7, 11) is 0. The smallest absolute Gasteiger partial charge is 0.308 e. The lowest BCUT2D eigenvalue weighted by Crippen LogP contribution is -2.45. The van der Waals surface area contributed by atoms with Crippen molar-refractivity contribution >= 4 is 16.9 Å². The van der Waals surface area contributed by atoms with Crippen LogP contribution in [0.2, 0.25) is 0 Å². The fourth-order valence-electron chi connectivity index (χ4n) is 1.97. The summed E-state index contributed by atoms with van der Waals surface area (Å²) >= 11 is 1.84. The number of thioether (sulfide) groups is 1. The van der Waals surface area contributed by atoms with Crippen LogP contribution < -0.4 is 0 Å². The fourth-order valence-corrected chi connectivity index (χ4v) is 2.85. The molecule has 15 heavy (non-hydrogen) atoms. The molecule has 0 spiro atoms. The molecule has 2 aliphatic rings. The lowest BCUT2D eigenvalue weighted by Gasteiger charge is -2.26. The van der Waals surface area contributed by atoms with Gasteiger partial charge in [0.1, 0.15) is 26.2 Å². The van der Waals surface area contributed by atoms with Crippen LogP contribution in [0.25, 0.3) is 0 Å². The maximum atomic E-state index is 5.37. The highest BCUT2D eigenvalue weighted by Gasteiger charge is 2.25. The van der Waals surface area contributed by atoms with Crippen LogP contribution >= 0.6 is 11.8 Å². The Balaban J connectivity index is 2.05. The quantitative estimate of drug-likeness (QED) is 0.435. The van der Waals surface area contributed by atoms with Gasteiger partial charge in [0, 0.05) is 0 Å². The zero-order valence-electron chi connectivity index (χ0n) is 9.28. The summed E-state index contributed by atoms with van der Waals surface area (Å²) in [4.78, 5) is 2.43. The van der Waals surface area contributed by atoms with Gasteiger partial charge >= 0.3 is 5.17 Å². The molecule has 0 saturated carbocycles. The highest BCUT2D eigenvalue weighted by atomic mass is 32.2. The second-order valence-corrected chi connectivity index (χ2v) is 4.46. The monoisotopic (exact) mass is 231 g/mol. The van der Waals surface area contributed by atoms with Crippen molar-refractivity contribution in [2.75, 3.05) is 58.9 Å². The van der Waals surface area contributed by atoms with Gasteiger partial charge in [0.15, 0.2) is 0 Å². The van der Waals surface area contributed by atoms with Crippen LogP contribution in [0.1, 0.15) is 0 Å². The first kappa shape index (κ1) is 11.2. The summed E-state index contributed by atoms with van der Waals surface area (Å²) in [5.74, 6) is 0. The number of ether oxygens (including phenoxy) is 2. The van der Waals surface area contributed by atoms with Crippen molar-refractivity contribution in [1.82, 2.24) is 4.90 Å². The predicted molar refractivity (Wildman–Crippen MR) is 61.7 cm³/mol. The molecular weight excluding hydrogens is 212 g/mol. The molecule has 0 bridgehead atoms. The topological polar surface area (TPSA) is 24.7 Å². The second-order valence-electron chi connectivity index (χ2n) is 3.69. The van der Waals surface area contributed by atoms with Crippen LogP contribution in [0.4, 0.5) is 0 Å². The number of morpholine rings is 2. The summed E-state index contributed by atoms with van der Waals surface area (Å²) < 4.78 is 13.2. The number of hydrogen-bond acceptors (Lipinski definition) is 3. The molecule has 0 amide bonds. The highest BCUT2D eigenvalue weighted by Crippen LogP contribution is 2.09. The van der Waals surface area contributed by atoms with E-state index in [1.165, 1.54) is 5.17 Å². The molecule has 2 fully saturated rings. The third-order valence-corrected chi connectivity index (χ3v) is 3.63. The molecular formula is C10H19N2O2S+. The van der Waals surface area contributed by atoms with Gasteiger partial charge in [-0.2, -0.15) is 0 Å². The standard InChI is InChI=1S/C10H19N2O2S/c1-15-10(11-2-6-13-7-3-11)12-4-8-14-9-5-12/h2-9H2,1H3/q+1. The van der Waals surface area contributed by atoms with Crippen molar-refractivity contribution < 1.29 is 14.0 Å². The molecule has 0 aromatic carbocycles. The fraction of sp³-hybridized carbons (Fsp3) is 0.900. The Labute approximate surface area is 95.2 Å². The summed E-state index contributed by atoms with van der Waals surface area (Å²) in [5, 5.41) is 1.39. The maximum Gasteiger partial charge on any atom is 0.308 e. The average Bonchev–Trinajstić information content (AvgIpc) is 2.33. The Morgan fingerprint density at radius 3 is 2.27 bits per heavy atom. The molecule has 2 aliphatic heterocycles. The van der Waals surface area contributed by atoms with Crippen LogP contribution in [0.15, 0.2) is 0 Å². The Bertz CT molecular complexity index is 232. The van der Waals surface area contributed by atoms with Gasteiger partial charge in [0.25, 0.3) is 0 Å². The van der Waals surface area contributed by atoms with E-state index in [1.54, 1.807) is 0 Å². The minimum atomic E-state index is 0.856. The molecule has 2 saturated heterocycles. The molecule has 5 heteroatoms. The van der Waals surface area contributed by atoms with E-state index in [1.807, 2.05) is 11.8 Å². The summed E-state index contributed by atoms with van der Waals surface area (Å²) in [5.41, 5.74) is 0. The van der Waals surface area contributed by atoms with Crippen molar-refractivity contribution in [3.63, 3.8) is 0 Å². The van der Waals surface area contributed by atoms with E-state index in [2.05, 4.69) is 15.7 Å². The van der Waals surface area contributed by atoms with E-state index in [-0.39, 0.29) is 0 Å². The Morgan fingerprint density at radius 2 is 1.67 bits per heavy atom. The van der Waals surface area contributed by atoms with Crippen molar-refractivity contribution in [3.05, 3.63) is 0 Å². The van der Waals surface area contributed by atoms with Gasteiger partial charge in [-0.05, 0) is 18.0 Å². The van der Waals surface area contributed by atoms with Crippen molar-refractivity contribution in [3.8, 4) is 0 Å². The van der Waals surface area contributed by atoms with E-state index >= 15 is 0 Å². The number of hydrogen-bond donors (Lipinski definition) is 0. The lowest BCUT2D eigenvalue weighted by molar-refractivity contribution is -0.551. The molecule has 0 unspecified atom stereocenters.